The number of carbonyl (C=O) groups excluding carboxylic acids is 2. The summed E-state index contributed by atoms with van der Waals surface area (Å²) in [6.07, 6.45) is -0.428. The highest BCUT2D eigenvalue weighted by molar-refractivity contribution is 7.21. The highest BCUT2D eigenvalue weighted by atomic mass is 35.6. The topological polar surface area (TPSA) is 55.8 Å². The van der Waals surface area contributed by atoms with Crippen LogP contribution in [-0.2, 0) is 22.4 Å². The normalized spacial score (nSPS) is 14.9. The SMILES string of the molecule is CCN1CCc2c(Cl)ccc3sc(C(=O)OC(=O)OCC(Cl)(Cl)Cl)c(c23)C1. The van der Waals surface area contributed by atoms with Crippen LogP contribution in [0, 0.1) is 0 Å². The second-order valence-corrected chi connectivity index (χ2v) is 9.95. The summed E-state index contributed by atoms with van der Waals surface area (Å²) in [5, 5.41) is 1.63. The summed E-state index contributed by atoms with van der Waals surface area (Å²) in [5.74, 6) is -0.791. The van der Waals surface area contributed by atoms with E-state index in [1.807, 2.05) is 19.1 Å². The first-order chi connectivity index (χ1) is 12.7. The summed E-state index contributed by atoms with van der Waals surface area (Å²) in [4.78, 5) is 26.9. The third-order valence-electron chi connectivity index (χ3n) is 4.23. The van der Waals surface area contributed by atoms with E-state index in [2.05, 4.69) is 9.64 Å². The molecule has 0 spiro atoms. The van der Waals surface area contributed by atoms with Gasteiger partial charge in [-0.2, -0.15) is 0 Å². The maximum Gasteiger partial charge on any atom is 0.516 e. The lowest BCUT2D eigenvalue weighted by molar-refractivity contribution is 0.0394. The van der Waals surface area contributed by atoms with Crippen molar-refractivity contribution in [2.24, 2.45) is 0 Å². The van der Waals surface area contributed by atoms with Crippen LogP contribution in [0.4, 0.5) is 4.79 Å². The minimum Gasteiger partial charge on any atom is -0.429 e. The molecule has 27 heavy (non-hydrogen) atoms. The van der Waals surface area contributed by atoms with E-state index in [4.69, 9.17) is 51.1 Å². The molecule has 0 radical (unpaired) electrons. The monoisotopic (exact) mass is 469 g/mol. The Morgan fingerprint density at radius 3 is 2.67 bits per heavy atom. The second kappa shape index (κ2) is 8.31. The highest BCUT2D eigenvalue weighted by Crippen LogP contribution is 2.40. The first kappa shape index (κ1) is 21.0. The van der Waals surface area contributed by atoms with Crippen LogP contribution in [0.1, 0.15) is 27.7 Å². The Bertz CT molecular complexity index is 893. The van der Waals surface area contributed by atoms with Gasteiger partial charge in [-0.05, 0) is 36.2 Å². The average molecular weight is 471 g/mol. The molecule has 1 aliphatic rings. The minimum absolute atomic E-state index is 0.347. The van der Waals surface area contributed by atoms with Crippen LogP contribution in [0.5, 0.6) is 0 Å². The Balaban J connectivity index is 1.91. The Kier molecular flexibility index (Phi) is 6.45. The number of nitrogens with zero attached hydrogens (tertiary/aromatic N) is 1. The number of hydrogen-bond acceptors (Lipinski definition) is 6. The Morgan fingerprint density at radius 1 is 1.26 bits per heavy atom. The summed E-state index contributed by atoms with van der Waals surface area (Å²) in [5.41, 5.74) is 1.82. The molecule has 2 aromatic rings. The van der Waals surface area contributed by atoms with Crippen molar-refractivity contribution in [2.45, 2.75) is 23.7 Å². The molecular formula is C17H15Cl4NO4S. The fourth-order valence-electron chi connectivity index (χ4n) is 3.00. The maximum absolute atomic E-state index is 12.6. The average Bonchev–Trinajstić information content (AvgIpc) is 2.83. The lowest BCUT2D eigenvalue weighted by atomic mass is 10.0. The Labute approximate surface area is 180 Å². The molecule has 1 aromatic heterocycles. The fourth-order valence-corrected chi connectivity index (χ4v) is 4.53. The number of halogens is 4. The van der Waals surface area contributed by atoms with E-state index in [1.165, 1.54) is 11.3 Å². The van der Waals surface area contributed by atoms with Crippen molar-refractivity contribution in [3.05, 3.63) is 33.2 Å². The van der Waals surface area contributed by atoms with Gasteiger partial charge in [-0.25, -0.2) is 9.59 Å². The number of hydrogen-bond donors (Lipinski definition) is 0. The predicted octanol–water partition coefficient (Wildman–Crippen LogP) is 5.60. The molecule has 0 bridgehead atoms. The van der Waals surface area contributed by atoms with Gasteiger partial charge in [0.25, 0.3) is 0 Å². The van der Waals surface area contributed by atoms with Crippen molar-refractivity contribution >= 4 is 80.0 Å². The summed E-state index contributed by atoms with van der Waals surface area (Å²) >= 11 is 24.2. The molecule has 2 heterocycles. The van der Waals surface area contributed by atoms with E-state index < -0.39 is 22.5 Å². The van der Waals surface area contributed by atoms with Crippen LogP contribution in [0.3, 0.4) is 0 Å². The molecule has 0 aliphatic carbocycles. The first-order valence-electron chi connectivity index (χ1n) is 8.10. The van der Waals surface area contributed by atoms with E-state index in [0.717, 1.165) is 40.7 Å². The summed E-state index contributed by atoms with van der Waals surface area (Å²) in [7, 11) is 0. The van der Waals surface area contributed by atoms with Gasteiger partial charge >= 0.3 is 12.1 Å². The predicted molar refractivity (Wildman–Crippen MR) is 109 cm³/mol. The third kappa shape index (κ3) is 4.81. The molecule has 0 unspecified atom stereocenters. The van der Waals surface area contributed by atoms with E-state index in [1.54, 1.807) is 0 Å². The van der Waals surface area contributed by atoms with Gasteiger partial charge in [-0.1, -0.05) is 53.3 Å². The number of alkyl halides is 3. The van der Waals surface area contributed by atoms with Crippen molar-refractivity contribution in [2.75, 3.05) is 19.7 Å². The molecule has 0 atom stereocenters. The quantitative estimate of drug-likeness (QED) is 0.332. The first-order valence-corrected chi connectivity index (χ1v) is 10.4. The van der Waals surface area contributed by atoms with Gasteiger partial charge in [0, 0.05) is 28.2 Å². The van der Waals surface area contributed by atoms with E-state index in [0.29, 0.717) is 16.4 Å². The third-order valence-corrected chi connectivity index (χ3v) is 6.09. The summed E-state index contributed by atoms with van der Waals surface area (Å²) < 4.78 is 8.60. The summed E-state index contributed by atoms with van der Waals surface area (Å²) in [6, 6.07) is 3.69. The van der Waals surface area contributed by atoms with Crippen LogP contribution in [0.2, 0.25) is 5.02 Å². The van der Waals surface area contributed by atoms with E-state index in [-0.39, 0.29) is 0 Å². The number of ether oxygens (including phenoxy) is 2. The van der Waals surface area contributed by atoms with Crippen molar-refractivity contribution in [1.29, 1.82) is 0 Å². The molecule has 0 saturated heterocycles. The fraction of sp³-hybridized carbons (Fsp3) is 0.412. The Morgan fingerprint density at radius 2 is 2.00 bits per heavy atom. The summed E-state index contributed by atoms with van der Waals surface area (Å²) in [6.45, 7) is 3.74. The van der Waals surface area contributed by atoms with Crippen molar-refractivity contribution in [3.63, 3.8) is 0 Å². The lowest BCUT2D eigenvalue weighted by Gasteiger charge is -2.18. The number of esters is 1. The minimum atomic E-state index is -1.78. The molecule has 1 aromatic carbocycles. The van der Waals surface area contributed by atoms with Crippen LogP contribution >= 0.6 is 57.7 Å². The van der Waals surface area contributed by atoms with Crippen molar-refractivity contribution < 1.29 is 19.1 Å². The molecule has 1 aliphatic heterocycles. The number of thiophene rings is 1. The van der Waals surface area contributed by atoms with Gasteiger partial charge in [-0.3, -0.25) is 4.90 Å². The molecule has 146 valence electrons. The molecule has 3 rings (SSSR count). The maximum atomic E-state index is 12.6. The largest absolute Gasteiger partial charge is 0.516 e. The van der Waals surface area contributed by atoms with Crippen LogP contribution in [0.25, 0.3) is 10.1 Å². The smallest absolute Gasteiger partial charge is 0.429 e. The molecule has 0 saturated carbocycles. The zero-order valence-corrected chi connectivity index (χ0v) is 18.0. The zero-order valence-electron chi connectivity index (χ0n) is 14.2. The van der Waals surface area contributed by atoms with Gasteiger partial charge in [0.15, 0.2) is 0 Å². The molecule has 0 N–H and O–H groups in total. The highest BCUT2D eigenvalue weighted by Gasteiger charge is 2.29. The van der Waals surface area contributed by atoms with Crippen LogP contribution < -0.4 is 0 Å². The van der Waals surface area contributed by atoms with Gasteiger partial charge < -0.3 is 9.47 Å². The van der Waals surface area contributed by atoms with Gasteiger partial charge in [-0.15, -0.1) is 11.3 Å². The van der Waals surface area contributed by atoms with Crippen molar-refractivity contribution in [1.82, 2.24) is 4.90 Å². The molecular weight excluding hydrogens is 456 g/mol. The van der Waals surface area contributed by atoms with Crippen molar-refractivity contribution in [3.8, 4) is 0 Å². The zero-order chi connectivity index (χ0) is 19.8. The molecule has 10 heteroatoms. The molecule has 0 fully saturated rings. The molecule has 5 nitrogen and oxygen atoms in total. The Hall–Kier alpha value is -0.760. The van der Waals surface area contributed by atoms with Crippen LogP contribution in [0.15, 0.2) is 12.1 Å². The number of benzene rings is 1. The molecule has 0 amide bonds. The van der Waals surface area contributed by atoms with Gasteiger partial charge in [0.05, 0.1) is 0 Å². The number of likely N-dealkylation sites (N-methyl/N-ethyl adjacent to an activating group) is 1. The number of rotatable bonds is 3. The standard InChI is InChI=1S/C17H15Cl4NO4S/c1-2-22-6-5-9-11(18)3-4-12-13(9)10(7-22)14(27-12)15(23)26-16(24)25-8-17(19,20)21/h3-4H,2,5-8H2,1H3. The van der Waals surface area contributed by atoms with Gasteiger partial charge in [0.1, 0.15) is 11.5 Å². The van der Waals surface area contributed by atoms with E-state index >= 15 is 0 Å². The van der Waals surface area contributed by atoms with Crippen LogP contribution in [-0.4, -0.2) is 40.5 Å². The lowest BCUT2D eigenvalue weighted by Crippen LogP contribution is -2.25. The number of carbonyl (C=O) groups is 2. The van der Waals surface area contributed by atoms with Gasteiger partial charge in [0.2, 0.25) is 3.79 Å². The van der Waals surface area contributed by atoms with E-state index in [9.17, 15) is 9.59 Å². The second-order valence-electron chi connectivity index (χ2n) is 5.97.